The number of phenols is 1. The van der Waals surface area contributed by atoms with Gasteiger partial charge in [0.25, 0.3) is 0 Å². The Balaban J connectivity index is 0.000000243. The quantitative estimate of drug-likeness (QED) is 0.252. The van der Waals surface area contributed by atoms with Crippen molar-refractivity contribution in [3.05, 3.63) is 70.8 Å². The van der Waals surface area contributed by atoms with Gasteiger partial charge in [-0.3, -0.25) is 0 Å². The first-order valence-corrected chi connectivity index (χ1v) is 18.4. The molecule has 48 heavy (non-hydrogen) atoms. The zero-order valence-corrected chi connectivity index (χ0v) is 37.3. The molecule has 2 N–H and O–H groups in total. The minimum atomic E-state index is -5.03. The number of phosphoric acid groups is 1. The third-order valence-corrected chi connectivity index (χ3v) is 13.0. The maximum atomic E-state index is 10.8. The number of hydrogen-bond acceptors (Lipinski definition) is 6. The van der Waals surface area contributed by atoms with Crippen molar-refractivity contribution in [3.63, 3.8) is 0 Å². The van der Waals surface area contributed by atoms with E-state index in [0.717, 1.165) is 49.5 Å². The molecule has 0 amide bonds. The zero-order chi connectivity index (χ0) is 31.0. The number of alkyl halides is 2. The van der Waals surface area contributed by atoms with Gasteiger partial charge in [-0.15, -0.1) is 23.2 Å². The molecule has 6 nitrogen and oxygen atoms in total. The van der Waals surface area contributed by atoms with Gasteiger partial charge in [-0.2, -0.15) is 0 Å². The molecule has 0 aromatic heterocycles. The van der Waals surface area contributed by atoms with Crippen LogP contribution in [0.5, 0.6) is 11.5 Å². The van der Waals surface area contributed by atoms with Crippen molar-refractivity contribution in [1.29, 1.82) is 0 Å². The summed E-state index contributed by atoms with van der Waals surface area (Å²) in [5.74, 6) is 4.47. The van der Waals surface area contributed by atoms with E-state index in [2.05, 4.69) is 24.4 Å². The zero-order valence-electron chi connectivity index (χ0n) is 28.9. The van der Waals surface area contributed by atoms with Crippen molar-refractivity contribution < 1.29 is 118 Å². The number of allylic oxidation sites excluding steroid dienone is 4. The third kappa shape index (κ3) is 9.28. The van der Waals surface area contributed by atoms with E-state index in [0.29, 0.717) is 29.4 Å². The summed E-state index contributed by atoms with van der Waals surface area (Å²) in [4.78, 5) is 21.8. The minimum absolute atomic E-state index is 0. The van der Waals surface area contributed by atoms with Gasteiger partial charge in [-0.05, 0) is 160 Å². The van der Waals surface area contributed by atoms with E-state index in [1.165, 1.54) is 60.5 Å². The summed E-state index contributed by atoms with van der Waals surface area (Å²) in [6, 6.07) is 14.5. The number of halogens is 2. The second kappa shape index (κ2) is 16.7. The van der Waals surface area contributed by atoms with Gasteiger partial charge in [0.15, 0.2) is 0 Å². The summed E-state index contributed by atoms with van der Waals surface area (Å²) in [5, 5.41) is 9.71. The van der Waals surface area contributed by atoms with Gasteiger partial charge in [-0.1, -0.05) is 35.4 Å². The molecule has 0 saturated heterocycles. The first-order chi connectivity index (χ1) is 20.8. The molecule has 8 aliphatic carbocycles. The topological polar surface area (TPSA) is 123 Å². The second-order valence-corrected chi connectivity index (χ2v) is 17.4. The fraction of sp³-hybridized carbons (Fsp3) is 0.556. The van der Waals surface area contributed by atoms with E-state index in [1.807, 2.05) is 18.2 Å². The Morgan fingerprint density at radius 2 is 1.12 bits per heavy atom. The van der Waals surface area contributed by atoms with E-state index >= 15 is 0 Å². The number of hydrogen-bond donors (Lipinski definition) is 1. The summed E-state index contributed by atoms with van der Waals surface area (Å²) in [7, 11) is -5.03. The maximum absolute atomic E-state index is 10.8. The number of phenolic OH excluding ortho intramolecular Hbond substituents is 1. The Morgan fingerprint density at radius 3 is 1.50 bits per heavy atom. The molecule has 4 atom stereocenters. The molecule has 8 bridgehead atoms. The van der Waals surface area contributed by atoms with Gasteiger partial charge >= 0.3 is 88.7 Å². The van der Waals surface area contributed by atoms with Crippen LogP contribution >= 0.6 is 31.0 Å². The fourth-order valence-corrected chi connectivity index (χ4v) is 12.1. The summed E-state index contributed by atoms with van der Waals surface area (Å²) >= 11 is 13.6. The minimum Gasteiger partial charge on any atom is -0.870 e. The Bertz CT molecular complexity index is 1560. The van der Waals surface area contributed by atoms with Crippen molar-refractivity contribution in [1.82, 2.24) is 0 Å². The molecule has 8 fully saturated rings. The second-order valence-electron chi connectivity index (χ2n) is 14.8. The molecule has 0 radical (unpaired) electrons. The first kappa shape index (κ1) is 43.6. The van der Waals surface area contributed by atoms with Crippen LogP contribution in [0.15, 0.2) is 59.7 Å². The van der Waals surface area contributed by atoms with E-state index in [4.69, 9.17) is 23.2 Å². The molecular weight excluding hydrogens is 699 g/mol. The van der Waals surface area contributed by atoms with Crippen LogP contribution in [0.4, 0.5) is 0 Å². The van der Waals surface area contributed by atoms with Crippen molar-refractivity contribution in [2.75, 3.05) is 0 Å². The molecule has 8 saturated carbocycles. The van der Waals surface area contributed by atoms with E-state index in [-0.39, 0.29) is 110 Å². The third-order valence-electron chi connectivity index (χ3n) is 11.6. The molecule has 4 unspecified atom stereocenters. The van der Waals surface area contributed by atoms with Gasteiger partial charge < -0.3 is 29.5 Å². The van der Waals surface area contributed by atoms with E-state index in [1.54, 1.807) is 23.8 Å². The smallest absolute Gasteiger partial charge is 0.870 e. The Kier molecular flexibility index (Phi) is 15.2. The van der Waals surface area contributed by atoms with Gasteiger partial charge in [0, 0.05) is 9.75 Å². The van der Waals surface area contributed by atoms with Crippen LogP contribution in [0.2, 0.25) is 0 Å². The SMILES string of the molecule is CC(=C1C2CC3CC1CC(Cl)(C3)C2)c1cccc(O)c1.CC(=C1C2CC3CC1CC(Cl)(C3)C2)c1cccc(OP(=O)([O-])[O-])c1.[Na+].[Na+].[Na+].[OH-]. The van der Waals surface area contributed by atoms with Gasteiger partial charge in [0.1, 0.15) is 19.3 Å². The fourth-order valence-electron chi connectivity index (χ4n) is 10.6. The summed E-state index contributed by atoms with van der Waals surface area (Å²) in [6.07, 6.45) is 11.9. The molecule has 2 aromatic carbocycles. The number of benzene rings is 2. The predicted molar refractivity (Wildman–Crippen MR) is 174 cm³/mol. The molecule has 12 heteroatoms. The number of phosphoric ester groups is 1. The summed E-state index contributed by atoms with van der Waals surface area (Å²) in [5.41, 5.74) is 7.79. The normalized spacial score (nSPS) is 33.2. The molecule has 0 aliphatic heterocycles. The van der Waals surface area contributed by atoms with E-state index < -0.39 is 7.82 Å². The summed E-state index contributed by atoms with van der Waals surface area (Å²) in [6.45, 7) is 4.32. The van der Waals surface area contributed by atoms with E-state index in [9.17, 15) is 19.5 Å². The predicted octanol–water partition coefficient (Wildman–Crippen LogP) is -0.696. The molecular formula is C36H42Cl2Na3O6P. The standard InChI is InChI=1S/C18H22ClO4P.C18H21ClO.3Na.H2O/c1-11(13-3-2-4-16(7-13)23-24(20,21)22)17-14-5-12-6-15(17)10-18(19,8-12)9-14;1-11(13-3-2-4-16(20)7-13)17-14-5-12-6-15(17)10-18(19,8-12)9-14;;;;/h2-4,7,12,14-15H,5-6,8-10H2,1H3,(H2,20,21,22);2-4,7,12,14-15,20H,5-6,8-10H2,1H3;;;;1H2/q;;3*+1;/p-3. The molecule has 2 aromatic rings. The monoisotopic (exact) mass is 740 g/mol. The first-order valence-electron chi connectivity index (χ1n) is 16.2. The maximum Gasteiger partial charge on any atom is 1.00 e. The van der Waals surface area contributed by atoms with Crippen LogP contribution in [0, 0.1) is 35.5 Å². The van der Waals surface area contributed by atoms with Crippen molar-refractivity contribution >= 4 is 42.2 Å². The molecule has 244 valence electrons. The molecule has 0 heterocycles. The Morgan fingerprint density at radius 1 is 0.729 bits per heavy atom. The van der Waals surface area contributed by atoms with Crippen molar-refractivity contribution in [2.24, 2.45) is 35.5 Å². The Labute approximate surface area is 361 Å². The van der Waals surface area contributed by atoms with Crippen LogP contribution < -0.4 is 103 Å². The van der Waals surface area contributed by atoms with Crippen LogP contribution in [-0.4, -0.2) is 20.3 Å². The number of rotatable bonds is 4. The van der Waals surface area contributed by atoms with Gasteiger partial charge in [0.05, 0.1) is 0 Å². The van der Waals surface area contributed by atoms with Crippen LogP contribution in [0.1, 0.15) is 89.2 Å². The average Bonchev–Trinajstić information content (AvgIpc) is 2.90. The largest absolute Gasteiger partial charge is 1.00 e. The average molecular weight is 742 g/mol. The van der Waals surface area contributed by atoms with Crippen LogP contribution in [0.25, 0.3) is 11.1 Å². The van der Waals surface area contributed by atoms with Crippen LogP contribution in [-0.2, 0) is 4.57 Å². The van der Waals surface area contributed by atoms with Crippen molar-refractivity contribution in [3.8, 4) is 11.5 Å². The molecule has 10 rings (SSSR count). The molecule has 0 spiro atoms. The Hall–Kier alpha value is 1.21. The van der Waals surface area contributed by atoms with Crippen molar-refractivity contribution in [2.45, 2.75) is 87.8 Å². The van der Waals surface area contributed by atoms with Gasteiger partial charge in [-0.25, -0.2) is 0 Å². The molecule has 8 aliphatic rings. The van der Waals surface area contributed by atoms with Gasteiger partial charge in [0.2, 0.25) is 0 Å². The number of aromatic hydroxyl groups is 1. The summed E-state index contributed by atoms with van der Waals surface area (Å²) < 4.78 is 15.4. The van der Waals surface area contributed by atoms with Crippen LogP contribution in [0.3, 0.4) is 0 Å².